The Morgan fingerprint density at radius 3 is 2.52 bits per heavy atom. The van der Waals surface area contributed by atoms with Crippen LogP contribution in [0.3, 0.4) is 0 Å². The molecule has 0 radical (unpaired) electrons. The quantitative estimate of drug-likeness (QED) is 0.821. The molecule has 1 atom stereocenters. The molecule has 0 aromatic heterocycles. The Morgan fingerprint density at radius 2 is 1.95 bits per heavy atom. The Labute approximate surface area is 127 Å². The average Bonchev–Trinajstić information content (AvgIpc) is 2.60. The van der Waals surface area contributed by atoms with Gasteiger partial charge in [0.05, 0.1) is 11.5 Å². The van der Waals surface area contributed by atoms with E-state index < -0.39 is 11.6 Å². The summed E-state index contributed by atoms with van der Waals surface area (Å²) < 4.78 is 0. The highest BCUT2D eigenvalue weighted by Gasteiger charge is 2.38. The number of carbonyl (C=O) groups is 1. The Hall–Kier alpha value is -0.650. The Kier molecular flexibility index (Phi) is 5.63. The van der Waals surface area contributed by atoms with Gasteiger partial charge in [0, 0.05) is 19.1 Å². The summed E-state index contributed by atoms with van der Waals surface area (Å²) in [5.74, 6) is -0.970. The predicted octanol–water partition coefficient (Wildman–Crippen LogP) is 1.41. The molecule has 0 aromatic carbocycles. The van der Waals surface area contributed by atoms with Gasteiger partial charge in [-0.15, -0.1) is 0 Å². The van der Waals surface area contributed by atoms with Gasteiger partial charge < -0.3 is 15.1 Å². The van der Waals surface area contributed by atoms with Gasteiger partial charge in [-0.3, -0.25) is 9.69 Å². The van der Waals surface area contributed by atoms with E-state index in [0.29, 0.717) is 38.3 Å². The van der Waals surface area contributed by atoms with Crippen LogP contribution in [-0.2, 0) is 4.79 Å². The third-order valence-corrected chi connectivity index (χ3v) is 5.26. The van der Waals surface area contributed by atoms with Crippen molar-refractivity contribution in [2.75, 3.05) is 33.2 Å². The zero-order chi connectivity index (χ0) is 15.5. The molecule has 2 fully saturated rings. The molecule has 1 saturated heterocycles. The lowest BCUT2D eigenvalue weighted by Gasteiger charge is -2.41. The summed E-state index contributed by atoms with van der Waals surface area (Å²) >= 11 is 0. The fourth-order valence-corrected chi connectivity index (χ4v) is 3.83. The van der Waals surface area contributed by atoms with Gasteiger partial charge in [-0.05, 0) is 58.7 Å². The molecule has 5 heteroatoms. The molecular weight excluding hydrogens is 268 g/mol. The van der Waals surface area contributed by atoms with Crippen molar-refractivity contribution in [2.24, 2.45) is 5.92 Å². The van der Waals surface area contributed by atoms with Crippen molar-refractivity contribution in [1.82, 2.24) is 9.80 Å². The van der Waals surface area contributed by atoms with Gasteiger partial charge in [-0.25, -0.2) is 0 Å². The van der Waals surface area contributed by atoms with Crippen molar-refractivity contribution in [3.05, 3.63) is 0 Å². The summed E-state index contributed by atoms with van der Waals surface area (Å²) in [4.78, 5) is 15.8. The maximum Gasteiger partial charge on any atom is 0.306 e. The van der Waals surface area contributed by atoms with Gasteiger partial charge >= 0.3 is 5.97 Å². The fraction of sp³-hybridized carbons (Fsp3) is 0.938. The van der Waals surface area contributed by atoms with Gasteiger partial charge in [0.2, 0.25) is 0 Å². The lowest BCUT2D eigenvalue weighted by Crippen LogP contribution is -2.50. The highest BCUT2D eigenvalue weighted by Crippen LogP contribution is 2.33. The van der Waals surface area contributed by atoms with Crippen LogP contribution in [0.5, 0.6) is 0 Å². The van der Waals surface area contributed by atoms with Gasteiger partial charge in [0.15, 0.2) is 0 Å². The number of β-amino-alcohol motifs (C(OH)–C–C–N with tert-alkyl or cyclic N) is 1. The Balaban J connectivity index is 1.94. The smallest absolute Gasteiger partial charge is 0.306 e. The van der Waals surface area contributed by atoms with E-state index in [1.54, 1.807) is 0 Å². The van der Waals surface area contributed by atoms with Crippen LogP contribution in [-0.4, -0.2) is 70.9 Å². The van der Waals surface area contributed by atoms with Crippen LogP contribution >= 0.6 is 0 Å². The number of carboxylic acids is 1. The van der Waals surface area contributed by atoms with Gasteiger partial charge in [0.1, 0.15) is 0 Å². The van der Waals surface area contributed by atoms with E-state index in [2.05, 4.69) is 23.8 Å². The van der Waals surface area contributed by atoms with Crippen molar-refractivity contribution in [2.45, 2.75) is 57.1 Å². The summed E-state index contributed by atoms with van der Waals surface area (Å²) in [5.41, 5.74) is -0.692. The minimum absolute atomic E-state index is 0.262. The second-order valence-corrected chi connectivity index (χ2v) is 6.99. The van der Waals surface area contributed by atoms with Crippen molar-refractivity contribution >= 4 is 5.97 Å². The molecule has 1 aliphatic heterocycles. The Morgan fingerprint density at radius 1 is 1.29 bits per heavy atom. The van der Waals surface area contributed by atoms with Crippen LogP contribution in [0, 0.1) is 5.92 Å². The molecule has 2 aliphatic rings. The normalized spacial score (nSPS) is 36.3. The molecule has 1 heterocycles. The number of hydrogen-bond donors (Lipinski definition) is 2. The van der Waals surface area contributed by atoms with Crippen molar-refractivity contribution in [3.8, 4) is 0 Å². The summed E-state index contributed by atoms with van der Waals surface area (Å²) in [6.07, 6.45) is 4.69. The van der Waals surface area contributed by atoms with Gasteiger partial charge in [0.25, 0.3) is 0 Å². The molecular formula is C16H30N2O3. The van der Waals surface area contributed by atoms with Crippen molar-refractivity contribution < 1.29 is 15.0 Å². The molecule has 0 spiro atoms. The number of likely N-dealkylation sites (N-methyl/N-ethyl adjacent to an activating group) is 1. The zero-order valence-corrected chi connectivity index (χ0v) is 13.4. The van der Waals surface area contributed by atoms with E-state index >= 15 is 0 Å². The van der Waals surface area contributed by atoms with E-state index in [4.69, 9.17) is 5.11 Å². The monoisotopic (exact) mass is 298 g/mol. The van der Waals surface area contributed by atoms with Crippen molar-refractivity contribution in [3.63, 3.8) is 0 Å². The topological polar surface area (TPSA) is 64.0 Å². The highest BCUT2D eigenvalue weighted by molar-refractivity contribution is 5.70. The second-order valence-electron chi connectivity index (χ2n) is 6.99. The first kappa shape index (κ1) is 16.7. The maximum atomic E-state index is 11.0. The van der Waals surface area contributed by atoms with E-state index in [9.17, 15) is 9.90 Å². The van der Waals surface area contributed by atoms with Crippen LogP contribution in [0.2, 0.25) is 0 Å². The van der Waals surface area contributed by atoms with Crippen LogP contribution in [0.1, 0.15) is 45.4 Å². The fourth-order valence-electron chi connectivity index (χ4n) is 3.83. The van der Waals surface area contributed by atoms with E-state index in [1.807, 2.05) is 0 Å². The molecule has 1 saturated carbocycles. The van der Waals surface area contributed by atoms with Crippen LogP contribution in [0.4, 0.5) is 0 Å². The first-order valence-corrected chi connectivity index (χ1v) is 8.31. The van der Waals surface area contributed by atoms with E-state index in [0.717, 1.165) is 32.5 Å². The highest BCUT2D eigenvalue weighted by atomic mass is 16.4. The molecule has 1 unspecified atom stereocenters. The van der Waals surface area contributed by atoms with Gasteiger partial charge in [-0.2, -0.15) is 0 Å². The maximum absolute atomic E-state index is 11.0. The number of nitrogens with zero attached hydrogens (tertiary/aromatic N) is 2. The number of carboxylic acid groups (broad SMARTS) is 1. The molecule has 2 rings (SSSR count). The SMILES string of the molecule is CCC1CN(C)CCCN1CC1(O)CCC(C(=O)O)CC1. The molecule has 0 bridgehead atoms. The third kappa shape index (κ3) is 4.41. The van der Waals surface area contributed by atoms with E-state index in [1.165, 1.54) is 0 Å². The average molecular weight is 298 g/mol. The molecule has 21 heavy (non-hydrogen) atoms. The minimum atomic E-state index is -0.708. The number of hydrogen-bond acceptors (Lipinski definition) is 4. The van der Waals surface area contributed by atoms with Gasteiger partial charge in [-0.1, -0.05) is 6.92 Å². The first-order chi connectivity index (χ1) is 9.93. The van der Waals surface area contributed by atoms with Crippen molar-refractivity contribution in [1.29, 1.82) is 0 Å². The lowest BCUT2D eigenvalue weighted by molar-refractivity contribution is -0.145. The molecule has 1 aliphatic carbocycles. The number of rotatable bonds is 4. The van der Waals surface area contributed by atoms with Crippen LogP contribution in [0.25, 0.3) is 0 Å². The lowest BCUT2D eigenvalue weighted by atomic mass is 9.78. The third-order valence-electron chi connectivity index (χ3n) is 5.26. The molecule has 0 amide bonds. The molecule has 2 N–H and O–H groups in total. The predicted molar refractivity (Wildman–Crippen MR) is 82.3 cm³/mol. The van der Waals surface area contributed by atoms with E-state index in [-0.39, 0.29) is 5.92 Å². The Bertz CT molecular complexity index is 353. The summed E-state index contributed by atoms with van der Waals surface area (Å²) in [7, 11) is 2.17. The summed E-state index contributed by atoms with van der Waals surface area (Å²) in [5, 5.41) is 19.9. The first-order valence-electron chi connectivity index (χ1n) is 8.31. The molecule has 5 nitrogen and oxygen atoms in total. The standard InChI is InChI=1S/C16H30N2O3/c1-3-14-11-17(2)9-4-10-18(14)12-16(21)7-5-13(6-8-16)15(19)20/h13-14,21H,3-12H2,1-2H3,(H,19,20). The van der Waals surface area contributed by atoms with Crippen LogP contribution in [0.15, 0.2) is 0 Å². The summed E-state index contributed by atoms with van der Waals surface area (Å²) in [6, 6.07) is 0.499. The molecule has 122 valence electrons. The molecule has 0 aromatic rings. The zero-order valence-electron chi connectivity index (χ0n) is 13.4. The number of aliphatic carboxylic acids is 1. The largest absolute Gasteiger partial charge is 0.481 e. The minimum Gasteiger partial charge on any atom is -0.481 e. The number of aliphatic hydroxyl groups is 1. The second kappa shape index (κ2) is 7.07. The summed E-state index contributed by atoms with van der Waals surface area (Å²) in [6.45, 7) is 6.12. The van der Waals surface area contributed by atoms with Crippen LogP contribution < -0.4 is 0 Å².